The molecule has 1 atom stereocenters. The lowest BCUT2D eigenvalue weighted by molar-refractivity contribution is -0.972. The smallest absolute Gasteiger partial charge is 0.283 e. The molecule has 2 aliphatic rings. The van der Waals surface area contributed by atoms with E-state index < -0.39 is 5.54 Å². The number of piperidine rings is 2. The lowest BCUT2D eigenvalue weighted by Crippen LogP contribution is -2.74. The molecular weight excluding hydrogens is 602 g/mol. The molecule has 2 fully saturated rings. The molecule has 0 bridgehead atoms. The highest BCUT2D eigenvalue weighted by Crippen LogP contribution is 2.40. The number of carbonyl (C=O) groups excluding carboxylic acids is 2. The highest BCUT2D eigenvalue weighted by molar-refractivity contribution is 6.42. The maximum atomic E-state index is 14.0. The number of carbonyl (C=O) groups is 2. The maximum Gasteiger partial charge on any atom is 0.283 e. The molecule has 1 N–H and O–H groups in total. The molecular formula is C31H41Cl4N4O2+. The second kappa shape index (κ2) is 13.8. The van der Waals surface area contributed by atoms with Crippen molar-refractivity contribution in [3.05, 3.63) is 67.6 Å². The summed E-state index contributed by atoms with van der Waals surface area (Å²) in [7, 11) is 5.58. The Bertz CT molecular complexity index is 1240. The van der Waals surface area contributed by atoms with Gasteiger partial charge in [-0.05, 0) is 55.2 Å². The van der Waals surface area contributed by atoms with Crippen LogP contribution in [0.3, 0.4) is 0 Å². The summed E-state index contributed by atoms with van der Waals surface area (Å²) in [6.07, 6.45) is 5.88. The van der Waals surface area contributed by atoms with Crippen LogP contribution in [-0.4, -0.2) is 92.0 Å². The highest BCUT2D eigenvalue weighted by atomic mass is 35.5. The van der Waals surface area contributed by atoms with Gasteiger partial charge in [-0.25, -0.2) is 0 Å². The Morgan fingerprint density at radius 2 is 1.49 bits per heavy atom. The van der Waals surface area contributed by atoms with Crippen LogP contribution in [-0.2, 0) is 4.79 Å². The predicted octanol–water partition coefficient (Wildman–Crippen LogP) is 6.76. The third kappa shape index (κ3) is 7.00. The monoisotopic (exact) mass is 641 g/mol. The number of hydrogen-bond donors (Lipinski definition) is 1. The summed E-state index contributed by atoms with van der Waals surface area (Å²) in [6.45, 7) is 5.00. The summed E-state index contributed by atoms with van der Waals surface area (Å²) in [5.41, 5.74) is 1.07. The minimum Gasteiger partial charge on any atom is -0.343 e. The number of rotatable bonds is 9. The van der Waals surface area contributed by atoms with Crippen LogP contribution >= 0.6 is 46.4 Å². The van der Waals surface area contributed by atoms with E-state index in [1.807, 2.05) is 39.3 Å². The van der Waals surface area contributed by atoms with E-state index in [4.69, 9.17) is 46.4 Å². The van der Waals surface area contributed by atoms with Gasteiger partial charge in [-0.2, -0.15) is 0 Å². The van der Waals surface area contributed by atoms with Gasteiger partial charge in [0.25, 0.3) is 11.8 Å². The Morgan fingerprint density at radius 1 is 0.878 bits per heavy atom. The zero-order valence-corrected chi connectivity index (χ0v) is 27.2. The zero-order chi connectivity index (χ0) is 29.8. The fourth-order valence-electron chi connectivity index (χ4n) is 6.93. The van der Waals surface area contributed by atoms with Gasteiger partial charge >= 0.3 is 0 Å². The summed E-state index contributed by atoms with van der Waals surface area (Å²) in [4.78, 5) is 30.9. The van der Waals surface area contributed by atoms with Crippen LogP contribution in [0.2, 0.25) is 20.1 Å². The van der Waals surface area contributed by atoms with E-state index in [2.05, 4.69) is 5.32 Å². The van der Waals surface area contributed by atoms with Crippen LogP contribution in [0.5, 0.6) is 0 Å². The van der Waals surface area contributed by atoms with E-state index >= 15 is 0 Å². The van der Waals surface area contributed by atoms with Gasteiger partial charge < -0.3 is 19.6 Å². The molecule has 0 aliphatic carbocycles. The highest BCUT2D eigenvalue weighted by Gasteiger charge is 2.57. The summed E-state index contributed by atoms with van der Waals surface area (Å²) in [5, 5.41) is 5.24. The number of halogens is 4. The van der Waals surface area contributed by atoms with Gasteiger partial charge in [-0.3, -0.25) is 9.59 Å². The molecule has 2 aliphatic heterocycles. The van der Waals surface area contributed by atoms with Crippen LogP contribution < -0.4 is 5.32 Å². The van der Waals surface area contributed by atoms with E-state index in [9.17, 15) is 9.59 Å². The quantitative estimate of drug-likeness (QED) is 0.308. The molecule has 224 valence electrons. The predicted molar refractivity (Wildman–Crippen MR) is 169 cm³/mol. The van der Waals surface area contributed by atoms with Crippen molar-refractivity contribution < 1.29 is 14.1 Å². The topological polar surface area (TPSA) is 52.7 Å². The number of likely N-dealkylation sites (tertiary alicyclic amines) is 1. The number of benzene rings is 2. The number of amides is 2. The zero-order valence-electron chi connectivity index (χ0n) is 24.2. The lowest BCUT2D eigenvalue weighted by atomic mass is 9.79. The summed E-state index contributed by atoms with van der Waals surface area (Å²) in [6, 6.07) is 10.7. The Balaban J connectivity index is 1.66. The number of nitrogens with one attached hydrogen (secondary N) is 1. The SMILES string of the molecule is CN(C)C(=O)C1([N+]2(CCC(CN(C)C(=O)c3ccc(Cl)c(Cl)c3)c3ccc(Cl)c(Cl)c3)CCCCC2)CCNCC1. The van der Waals surface area contributed by atoms with Gasteiger partial charge in [0.2, 0.25) is 0 Å². The van der Waals surface area contributed by atoms with Gasteiger partial charge in [0.05, 0.1) is 39.7 Å². The van der Waals surface area contributed by atoms with Crippen LogP contribution in [0.15, 0.2) is 36.4 Å². The molecule has 2 saturated heterocycles. The second-order valence-corrected chi connectivity index (χ2v) is 13.5. The molecule has 0 aromatic heterocycles. The van der Waals surface area contributed by atoms with E-state index in [-0.39, 0.29) is 17.7 Å². The van der Waals surface area contributed by atoms with Crippen LogP contribution in [0, 0.1) is 0 Å². The van der Waals surface area contributed by atoms with Gasteiger partial charge in [0.15, 0.2) is 5.54 Å². The van der Waals surface area contributed by atoms with Gasteiger partial charge in [0.1, 0.15) is 0 Å². The van der Waals surface area contributed by atoms with E-state index in [0.717, 1.165) is 74.9 Å². The van der Waals surface area contributed by atoms with Crippen LogP contribution in [0.4, 0.5) is 0 Å². The Kier molecular flexibility index (Phi) is 10.9. The normalized spacial score (nSPS) is 18.9. The third-order valence-corrected chi connectivity index (χ3v) is 10.6. The summed E-state index contributed by atoms with van der Waals surface area (Å²) in [5.74, 6) is 0.0960. The average Bonchev–Trinajstić information content (AvgIpc) is 2.98. The fraction of sp³-hybridized carbons (Fsp3) is 0.548. The van der Waals surface area contributed by atoms with E-state index in [1.165, 1.54) is 6.42 Å². The van der Waals surface area contributed by atoms with Gasteiger partial charge in [-0.15, -0.1) is 0 Å². The van der Waals surface area contributed by atoms with Crippen LogP contribution in [0.25, 0.3) is 0 Å². The van der Waals surface area contributed by atoms with Crippen molar-refractivity contribution in [3.8, 4) is 0 Å². The molecule has 1 unspecified atom stereocenters. The molecule has 2 heterocycles. The minimum atomic E-state index is -0.445. The number of quaternary nitrogens is 1. The largest absolute Gasteiger partial charge is 0.343 e. The Morgan fingerprint density at radius 3 is 2.07 bits per heavy atom. The first-order valence-corrected chi connectivity index (χ1v) is 15.9. The van der Waals surface area contributed by atoms with Crippen molar-refractivity contribution in [1.29, 1.82) is 0 Å². The molecule has 10 heteroatoms. The van der Waals surface area contributed by atoms with Crippen molar-refractivity contribution in [1.82, 2.24) is 15.1 Å². The Labute approximate surface area is 264 Å². The average molecular weight is 644 g/mol. The Hall–Kier alpha value is -1.54. The third-order valence-electron chi connectivity index (χ3n) is 9.14. The lowest BCUT2D eigenvalue weighted by Gasteiger charge is -2.56. The molecule has 2 amide bonds. The molecule has 0 spiro atoms. The van der Waals surface area contributed by atoms with Crippen molar-refractivity contribution in [3.63, 3.8) is 0 Å². The van der Waals surface area contributed by atoms with Gasteiger partial charge in [0, 0.05) is 71.5 Å². The maximum absolute atomic E-state index is 14.0. The van der Waals surface area contributed by atoms with Gasteiger partial charge in [-0.1, -0.05) is 52.5 Å². The number of likely N-dealkylation sites (N-methyl/N-ethyl adjacent to an activating group) is 2. The molecule has 0 radical (unpaired) electrons. The van der Waals surface area contributed by atoms with Crippen molar-refractivity contribution >= 4 is 58.2 Å². The van der Waals surface area contributed by atoms with Crippen LogP contribution in [0.1, 0.15) is 60.4 Å². The molecule has 4 rings (SSSR count). The summed E-state index contributed by atoms with van der Waals surface area (Å²) >= 11 is 25.1. The number of hydrogen-bond acceptors (Lipinski definition) is 3. The van der Waals surface area contributed by atoms with Crippen molar-refractivity contribution in [2.45, 2.75) is 50.0 Å². The van der Waals surface area contributed by atoms with E-state index in [1.54, 1.807) is 28.0 Å². The van der Waals surface area contributed by atoms with Crippen molar-refractivity contribution in [2.24, 2.45) is 0 Å². The standard InChI is InChI=1S/C31H41Cl4N4O2/c1-37(2)30(41)31(12-14-36-15-13-31)39(16-5-4-6-17-39)18-11-24(22-7-9-25(32)27(34)19-22)21-38(3)29(40)23-8-10-26(33)28(35)20-23/h7-10,19-20,24,36H,4-6,11-18,21H2,1-3H3/q+1. The second-order valence-electron chi connectivity index (χ2n) is 11.8. The number of nitrogens with zero attached hydrogens (tertiary/aromatic N) is 3. The van der Waals surface area contributed by atoms with Crippen molar-refractivity contribution in [2.75, 3.05) is 60.4 Å². The molecule has 41 heavy (non-hydrogen) atoms. The summed E-state index contributed by atoms with van der Waals surface area (Å²) < 4.78 is 0.800. The minimum absolute atomic E-state index is 0.00774. The molecule has 2 aromatic carbocycles. The first kappa shape index (κ1) is 32.4. The van der Waals surface area contributed by atoms with E-state index in [0.29, 0.717) is 32.2 Å². The first-order chi connectivity index (χ1) is 19.5. The fourth-order valence-corrected chi connectivity index (χ4v) is 7.53. The molecule has 6 nitrogen and oxygen atoms in total. The first-order valence-electron chi connectivity index (χ1n) is 14.4. The molecule has 0 saturated carbocycles. The molecule has 2 aromatic rings.